The normalized spacial score (nSPS) is 14.7. The quantitative estimate of drug-likeness (QED) is 0.783. The average molecular weight is 269 g/mol. The van der Waals surface area contributed by atoms with Crippen LogP contribution in [-0.2, 0) is 6.42 Å². The molecule has 1 nitrogen and oxygen atoms in total. The SMILES string of the molecule is CCCNC(Cc1c(F)cccc1F)C(C)C(C)C. The lowest BCUT2D eigenvalue weighted by Gasteiger charge is -2.28. The second-order valence-electron chi connectivity index (χ2n) is 5.57. The number of benzene rings is 1. The number of nitrogens with one attached hydrogen (secondary N) is 1. The van der Waals surface area contributed by atoms with Crippen LogP contribution in [0, 0.1) is 23.5 Å². The van der Waals surface area contributed by atoms with Crippen molar-refractivity contribution in [2.24, 2.45) is 11.8 Å². The summed E-state index contributed by atoms with van der Waals surface area (Å²) in [6.45, 7) is 9.38. The molecule has 1 N–H and O–H groups in total. The van der Waals surface area contributed by atoms with E-state index in [1.54, 1.807) is 0 Å². The standard InChI is InChI=1S/C16H25F2N/c1-5-9-19-16(12(4)11(2)3)10-13-14(17)7-6-8-15(13)18/h6-8,11-12,16,19H,5,9-10H2,1-4H3. The minimum Gasteiger partial charge on any atom is -0.313 e. The number of hydrogen-bond acceptors (Lipinski definition) is 1. The van der Waals surface area contributed by atoms with Crippen LogP contribution in [0.3, 0.4) is 0 Å². The maximum Gasteiger partial charge on any atom is 0.129 e. The van der Waals surface area contributed by atoms with Gasteiger partial charge in [-0.15, -0.1) is 0 Å². The Bertz CT molecular complexity index is 370. The van der Waals surface area contributed by atoms with E-state index in [-0.39, 0.29) is 11.6 Å². The third kappa shape index (κ3) is 4.57. The summed E-state index contributed by atoms with van der Waals surface area (Å²) >= 11 is 0. The fourth-order valence-electron chi connectivity index (χ4n) is 2.19. The van der Waals surface area contributed by atoms with Crippen molar-refractivity contribution in [2.45, 2.75) is 46.6 Å². The smallest absolute Gasteiger partial charge is 0.129 e. The molecule has 0 fully saturated rings. The molecule has 0 amide bonds. The van der Waals surface area contributed by atoms with Gasteiger partial charge < -0.3 is 5.32 Å². The largest absolute Gasteiger partial charge is 0.313 e. The highest BCUT2D eigenvalue weighted by Gasteiger charge is 2.22. The molecule has 0 aliphatic carbocycles. The number of hydrogen-bond donors (Lipinski definition) is 1. The first kappa shape index (κ1) is 16.1. The second-order valence-corrected chi connectivity index (χ2v) is 5.57. The molecule has 0 radical (unpaired) electrons. The lowest BCUT2D eigenvalue weighted by molar-refractivity contribution is 0.293. The predicted molar refractivity (Wildman–Crippen MR) is 76.1 cm³/mol. The molecule has 0 spiro atoms. The van der Waals surface area contributed by atoms with Crippen LogP contribution in [0.2, 0.25) is 0 Å². The van der Waals surface area contributed by atoms with E-state index in [4.69, 9.17) is 0 Å². The Morgan fingerprint density at radius 1 is 1.11 bits per heavy atom. The predicted octanol–water partition coefficient (Wildman–Crippen LogP) is 4.17. The molecule has 1 aromatic rings. The van der Waals surface area contributed by atoms with Crippen LogP contribution < -0.4 is 5.32 Å². The van der Waals surface area contributed by atoms with Crippen LogP contribution in [0.4, 0.5) is 8.78 Å². The van der Waals surface area contributed by atoms with E-state index in [1.807, 2.05) is 0 Å². The van der Waals surface area contributed by atoms with Gasteiger partial charge in [0, 0.05) is 11.6 Å². The van der Waals surface area contributed by atoms with Crippen molar-refractivity contribution in [3.8, 4) is 0 Å². The Hall–Kier alpha value is -0.960. The summed E-state index contributed by atoms with van der Waals surface area (Å²) in [5.41, 5.74) is 0.198. The molecule has 0 aliphatic rings. The van der Waals surface area contributed by atoms with Gasteiger partial charge in [0.25, 0.3) is 0 Å². The van der Waals surface area contributed by atoms with Crippen molar-refractivity contribution in [1.29, 1.82) is 0 Å². The zero-order valence-corrected chi connectivity index (χ0v) is 12.3. The Kier molecular flexibility index (Phi) is 6.43. The molecule has 3 heteroatoms. The summed E-state index contributed by atoms with van der Waals surface area (Å²) in [6.07, 6.45) is 1.42. The molecular formula is C16H25F2N. The fraction of sp³-hybridized carbons (Fsp3) is 0.625. The second kappa shape index (κ2) is 7.59. The first-order valence-corrected chi connectivity index (χ1v) is 7.13. The van der Waals surface area contributed by atoms with Gasteiger partial charge in [0.05, 0.1) is 0 Å². The highest BCUT2D eigenvalue weighted by Crippen LogP contribution is 2.21. The summed E-state index contributed by atoms with van der Waals surface area (Å²) in [5.74, 6) is -0.0479. The molecule has 1 rings (SSSR count). The zero-order valence-electron chi connectivity index (χ0n) is 12.3. The fourth-order valence-corrected chi connectivity index (χ4v) is 2.19. The molecule has 0 saturated carbocycles. The Balaban J connectivity index is 2.87. The van der Waals surface area contributed by atoms with Crippen LogP contribution in [0.15, 0.2) is 18.2 Å². The van der Waals surface area contributed by atoms with Crippen molar-refractivity contribution in [3.05, 3.63) is 35.4 Å². The van der Waals surface area contributed by atoms with Crippen molar-refractivity contribution in [2.75, 3.05) is 6.54 Å². The molecule has 2 unspecified atom stereocenters. The van der Waals surface area contributed by atoms with Crippen LogP contribution in [0.1, 0.15) is 39.7 Å². The summed E-state index contributed by atoms with van der Waals surface area (Å²) in [4.78, 5) is 0. The molecule has 0 saturated heterocycles. The van der Waals surface area contributed by atoms with E-state index in [0.29, 0.717) is 18.3 Å². The lowest BCUT2D eigenvalue weighted by Crippen LogP contribution is -2.39. The van der Waals surface area contributed by atoms with Crippen LogP contribution in [0.25, 0.3) is 0 Å². The first-order chi connectivity index (χ1) is 8.97. The molecule has 0 bridgehead atoms. The molecule has 1 aromatic carbocycles. The van der Waals surface area contributed by atoms with Gasteiger partial charge in [-0.2, -0.15) is 0 Å². The maximum absolute atomic E-state index is 13.7. The van der Waals surface area contributed by atoms with E-state index >= 15 is 0 Å². The molecule has 0 aromatic heterocycles. The Labute approximate surface area is 115 Å². The average Bonchev–Trinajstić information content (AvgIpc) is 2.36. The highest BCUT2D eigenvalue weighted by molar-refractivity contribution is 5.21. The third-order valence-corrected chi connectivity index (χ3v) is 3.83. The Morgan fingerprint density at radius 2 is 1.68 bits per heavy atom. The van der Waals surface area contributed by atoms with Crippen LogP contribution in [-0.4, -0.2) is 12.6 Å². The molecule has 108 valence electrons. The van der Waals surface area contributed by atoms with Gasteiger partial charge in [-0.05, 0) is 43.4 Å². The molecule has 19 heavy (non-hydrogen) atoms. The van der Waals surface area contributed by atoms with Crippen LogP contribution in [0.5, 0.6) is 0 Å². The molecule has 0 aliphatic heterocycles. The van der Waals surface area contributed by atoms with Crippen molar-refractivity contribution in [3.63, 3.8) is 0 Å². The summed E-state index contributed by atoms with van der Waals surface area (Å²) < 4.78 is 27.5. The lowest BCUT2D eigenvalue weighted by atomic mass is 9.86. The molecule has 0 heterocycles. The van der Waals surface area contributed by atoms with E-state index in [1.165, 1.54) is 18.2 Å². The van der Waals surface area contributed by atoms with Gasteiger partial charge >= 0.3 is 0 Å². The zero-order chi connectivity index (χ0) is 14.4. The monoisotopic (exact) mass is 269 g/mol. The third-order valence-electron chi connectivity index (χ3n) is 3.83. The van der Waals surface area contributed by atoms with Gasteiger partial charge in [0.1, 0.15) is 11.6 Å². The minimum absolute atomic E-state index is 0.103. The van der Waals surface area contributed by atoms with Gasteiger partial charge in [-0.1, -0.05) is 33.8 Å². The summed E-state index contributed by atoms with van der Waals surface area (Å²) in [6, 6.07) is 4.17. The number of rotatable bonds is 7. The van der Waals surface area contributed by atoms with E-state index in [0.717, 1.165) is 13.0 Å². The van der Waals surface area contributed by atoms with Gasteiger partial charge in [-0.25, -0.2) is 8.78 Å². The van der Waals surface area contributed by atoms with Crippen LogP contribution >= 0.6 is 0 Å². The highest BCUT2D eigenvalue weighted by atomic mass is 19.1. The summed E-state index contributed by atoms with van der Waals surface area (Å²) in [5, 5.41) is 3.42. The number of halogens is 2. The summed E-state index contributed by atoms with van der Waals surface area (Å²) in [7, 11) is 0. The van der Waals surface area contributed by atoms with E-state index in [9.17, 15) is 8.78 Å². The van der Waals surface area contributed by atoms with E-state index < -0.39 is 11.6 Å². The minimum atomic E-state index is -0.445. The molecule has 2 atom stereocenters. The van der Waals surface area contributed by atoms with Gasteiger partial charge in [0.15, 0.2) is 0 Å². The van der Waals surface area contributed by atoms with Gasteiger partial charge in [0.2, 0.25) is 0 Å². The molecular weight excluding hydrogens is 244 g/mol. The topological polar surface area (TPSA) is 12.0 Å². The van der Waals surface area contributed by atoms with Gasteiger partial charge in [-0.3, -0.25) is 0 Å². The van der Waals surface area contributed by atoms with Crippen molar-refractivity contribution < 1.29 is 8.78 Å². The van der Waals surface area contributed by atoms with Crippen molar-refractivity contribution >= 4 is 0 Å². The maximum atomic E-state index is 13.7. The van der Waals surface area contributed by atoms with Crippen molar-refractivity contribution in [1.82, 2.24) is 5.32 Å². The Morgan fingerprint density at radius 3 is 2.16 bits per heavy atom. The van der Waals surface area contributed by atoms with E-state index in [2.05, 4.69) is 33.0 Å². The first-order valence-electron chi connectivity index (χ1n) is 7.13.